The maximum Gasteiger partial charge on any atom is 0.138 e. The molecule has 0 bridgehead atoms. The van der Waals surface area contributed by atoms with E-state index in [9.17, 15) is 4.39 Å². The molecule has 142 valence electrons. The Labute approximate surface area is 174 Å². The zero-order valence-corrected chi connectivity index (χ0v) is 17.3. The molecular formula is C21H16BrFN2O2S. The Bertz CT molecular complexity index is 1100. The minimum Gasteiger partial charge on any atom is -0.496 e. The summed E-state index contributed by atoms with van der Waals surface area (Å²) in [6.07, 6.45) is 1.85. The highest BCUT2D eigenvalue weighted by atomic mass is 79.9. The Hall–Kier alpha value is -2.64. The number of methoxy groups -OCH3 is 1. The largest absolute Gasteiger partial charge is 0.496 e. The molecule has 0 fully saturated rings. The second kappa shape index (κ2) is 8.16. The number of halogens is 2. The lowest BCUT2D eigenvalue weighted by molar-refractivity contribution is 0.297. The molecule has 0 radical (unpaired) electrons. The summed E-state index contributed by atoms with van der Waals surface area (Å²) in [4.78, 5) is 7.84. The first kappa shape index (κ1) is 18.7. The number of ether oxygens (including phenoxy) is 2. The van der Waals surface area contributed by atoms with Crippen LogP contribution < -0.4 is 9.47 Å². The fourth-order valence-electron chi connectivity index (χ4n) is 2.78. The van der Waals surface area contributed by atoms with E-state index in [0.29, 0.717) is 21.5 Å². The SMILES string of the molecule is COc1cc(OCc2ccc(Br)cc2F)ccc1-c1c[nH]c(-c2ccsc2)n1. The van der Waals surface area contributed by atoms with Crippen molar-refractivity contribution in [1.82, 2.24) is 9.97 Å². The van der Waals surface area contributed by atoms with Crippen LogP contribution in [0, 0.1) is 5.82 Å². The standard InChI is InChI=1S/C21H16BrFN2O2S/c1-26-20-9-16(27-11-13-2-3-15(22)8-18(13)23)4-5-17(20)19-10-24-21(25-19)14-6-7-28-12-14/h2-10,12H,11H2,1H3,(H,24,25). The van der Waals surface area contributed by atoms with E-state index < -0.39 is 0 Å². The van der Waals surface area contributed by atoms with Gasteiger partial charge in [-0.25, -0.2) is 9.37 Å². The van der Waals surface area contributed by atoms with E-state index in [0.717, 1.165) is 22.6 Å². The van der Waals surface area contributed by atoms with Crippen molar-refractivity contribution < 1.29 is 13.9 Å². The number of aromatic nitrogens is 2. The number of thiophene rings is 1. The second-order valence-electron chi connectivity index (χ2n) is 6.03. The number of hydrogen-bond acceptors (Lipinski definition) is 4. The van der Waals surface area contributed by atoms with E-state index in [1.807, 2.05) is 35.2 Å². The predicted molar refractivity (Wildman–Crippen MR) is 112 cm³/mol. The van der Waals surface area contributed by atoms with Crippen molar-refractivity contribution >= 4 is 27.3 Å². The van der Waals surface area contributed by atoms with Gasteiger partial charge in [-0.3, -0.25) is 0 Å². The number of hydrogen-bond donors (Lipinski definition) is 1. The van der Waals surface area contributed by atoms with Crippen LogP contribution >= 0.6 is 27.3 Å². The first-order chi connectivity index (χ1) is 13.6. The van der Waals surface area contributed by atoms with Gasteiger partial charge in [-0.1, -0.05) is 22.0 Å². The first-order valence-electron chi connectivity index (χ1n) is 8.47. The maximum atomic E-state index is 14.0. The highest BCUT2D eigenvalue weighted by Crippen LogP contribution is 2.34. The third-order valence-corrected chi connectivity index (χ3v) is 5.41. The number of nitrogens with one attached hydrogen (secondary N) is 1. The zero-order chi connectivity index (χ0) is 19.5. The van der Waals surface area contributed by atoms with Crippen LogP contribution in [0.15, 0.2) is 63.9 Å². The minimum atomic E-state index is -0.310. The Kier molecular flexibility index (Phi) is 5.45. The Morgan fingerprint density at radius 2 is 2.07 bits per heavy atom. The molecule has 0 spiro atoms. The van der Waals surface area contributed by atoms with Crippen molar-refractivity contribution in [3.05, 3.63) is 75.3 Å². The molecule has 0 aliphatic rings. The molecule has 7 heteroatoms. The van der Waals surface area contributed by atoms with Gasteiger partial charge in [-0.05, 0) is 35.7 Å². The molecule has 28 heavy (non-hydrogen) atoms. The van der Waals surface area contributed by atoms with E-state index in [-0.39, 0.29) is 12.4 Å². The highest BCUT2D eigenvalue weighted by Gasteiger charge is 2.13. The van der Waals surface area contributed by atoms with Crippen molar-refractivity contribution in [3.63, 3.8) is 0 Å². The fraction of sp³-hybridized carbons (Fsp3) is 0.0952. The van der Waals surface area contributed by atoms with Crippen molar-refractivity contribution in [1.29, 1.82) is 0 Å². The van der Waals surface area contributed by atoms with Crippen LogP contribution in [-0.2, 0) is 6.61 Å². The average molecular weight is 459 g/mol. The van der Waals surface area contributed by atoms with Gasteiger partial charge >= 0.3 is 0 Å². The molecule has 2 aromatic heterocycles. The molecule has 0 atom stereocenters. The van der Waals surface area contributed by atoms with E-state index in [2.05, 4.69) is 25.9 Å². The molecule has 0 saturated carbocycles. The van der Waals surface area contributed by atoms with E-state index in [4.69, 9.17) is 9.47 Å². The fourth-order valence-corrected chi connectivity index (χ4v) is 3.75. The van der Waals surface area contributed by atoms with Gasteiger partial charge in [0.2, 0.25) is 0 Å². The predicted octanol–water partition coefficient (Wildman–Crippen LogP) is 6.29. The van der Waals surface area contributed by atoms with Crippen molar-refractivity contribution in [2.45, 2.75) is 6.61 Å². The maximum absolute atomic E-state index is 14.0. The molecular weight excluding hydrogens is 443 g/mol. The molecule has 0 amide bonds. The lowest BCUT2D eigenvalue weighted by Crippen LogP contribution is -1.99. The van der Waals surface area contributed by atoms with Crippen molar-refractivity contribution in [2.24, 2.45) is 0 Å². The number of aromatic amines is 1. The van der Waals surface area contributed by atoms with Gasteiger partial charge in [0.05, 0.1) is 12.8 Å². The summed E-state index contributed by atoms with van der Waals surface area (Å²) in [5.41, 5.74) is 3.16. The van der Waals surface area contributed by atoms with Crippen LogP contribution in [-0.4, -0.2) is 17.1 Å². The van der Waals surface area contributed by atoms with Gasteiger partial charge in [0, 0.05) is 38.8 Å². The van der Waals surface area contributed by atoms with Crippen LogP contribution in [0.25, 0.3) is 22.6 Å². The first-order valence-corrected chi connectivity index (χ1v) is 10.2. The smallest absolute Gasteiger partial charge is 0.138 e. The van der Waals surface area contributed by atoms with Gasteiger partial charge in [0.15, 0.2) is 0 Å². The number of imidazole rings is 1. The van der Waals surface area contributed by atoms with Gasteiger partial charge in [0.25, 0.3) is 0 Å². The van der Waals surface area contributed by atoms with Crippen LogP contribution in [0.5, 0.6) is 11.5 Å². The lowest BCUT2D eigenvalue weighted by atomic mass is 10.1. The Morgan fingerprint density at radius 3 is 2.82 bits per heavy atom. The third-order valence-electron chi connectivity index (χ3n) is 4.23. The van der Waals surface area contributed by atoms with E-state index >= 15 is 0 Å². The molecule has 0 unspecified atom stereocenters. The third kappa shape index (κ3) is 3.95. The van der Waals surface area contributed by atoms with Crippen LogP contribution in [0.4, 0.5) is 4.39 Å². The van der Waals surface area contributed by atoms with E-state index in [1.54, 1.807) is 36.6 Å². The van der Waals surface area contributed by atoms with Crippen molar-refractivity contribution in [3.8, 4) is 34.1 Å². The van der Waals surface area contributed by atoms with E-state index in [1.165, 1.54) is 6.07 Å². The quantitative estimate of drug-likeness (QED) is 0.369. The molecule has 4 rings (SSSR count). The topological polar surface area (TPSA) is 47.1 Å². The van der Waals surface area contributed by atoms with Gasteiger partial charge in [0.1, 0.15) is 29.7 Å². The minimum absolute atomic E-state index is 0.131. The summed E-state index contributed by atoms with van der Waals surface area (Å²) >= 11 is 4.87. The Balaban J connectivity index is 1.54. The summed E-state index contributed by atoms with van der Waals surface area (Å²) in [6.45, 7) is 0.131. The molecule has 4 aromatic rings. The summed E-state index contributed by atoms with van der Waals surface area (Å²) in [5.74, 6) is 1.73. The number of rotatable bonds is 6. The molecule has 0 aliphatic heterocycles. The second-order valence-corrected chi connectivity index (χ2v) is 7.73. The molecule has 2 aromatic carbocycles. The van der Waals surface area contributed by atoms with Crippen LogP contribution in [0.3, 0.4) is 0 Å². The molecule has 0 saturated heterocycles. The molecule has 1 N–H and O–H groups in total. The summed E-state index contributed by atoms with van der Waals surface area (Å²) in [7, 11) is 1.60. The number of nitrogens with zero attached hydrogens (tertiary/aromatic N) is 1. The van der Waals surface area contributed by atoms with Crippen LogP contribution in [0.1, 0.15) is 5.56 Å². The lowest BCUT2D eigenvalue weighted by Gasteiger charge is -2.11. The summed E-state index contributed by atoms with van der Waals surface area (Å²) < 4.78 is 25.9. The van der Waals surface area contributed by atoms with Crippen molar-refractivity contribution in [2.75, 3.05) is 7.11 Å². The zero-order valence-electron chi connectivity index (χ0n) is 14.9. The number of benzene rings is 2. The number of H-pyrrole nitrogens is 1. The Morgan fingerprint density at radius 1 is 1.18 bits per heavy atom. The van der Waals surface area contributed by atoms with Gasteiger partial charge in [-0.15, -0.1) is 0 Å². The van der Waals surface area contributed by atoms with Gasteiger partial charge in [-0.2, -0.15) is 11.3 Å². The molecule has 2 heterocycles. The monoisotopic (exact) mass is 458 g/mol. The average Bonchev–Trinajstić information content (AvgIpc) is 3.39. The molecule has 4 nitrogen and oxygen atoms in total. The summed E-state index contributed by atoms with van der Waals surface area (Å²) in [5, 5.41) is 4.05. The van der Waals surface area contributed by atoms with Crippen LogP contribution in [0.2, 0.25) is 0 Å². The normalized spacial score (nSPS) is 10.8. The highest BCUT2D eigenvalue weighted by molar-refractivity contribution is 9.10. The van der Waals surface area contributed by atoms with Gasteiger partial charge < -0.3 is 14.5 Å². The summed E-state index contributed by atoms with van der Waals surface area (Å²) in [6, 6.07) is 12.4. The molecule has 0 aliphatic carbocycles.